The minimum Gasteiger partial charge on any atom is -0.378 e. The standard InChI is InChI=1S/C21H24F3N3OS/c1-20(2,28)10-9-17-6-7-18(29-17)13-25-16-4-3-11-27(14-16)19-8-5-15(12-26-19)21(22,23)24/h5-8,12,16,25,28H,3-4,11,13-14H2,1-2H3/t16-/m0/s1. The summed E-state index contributed by atoms with van der Waals surface area (Å²) in [5.41, 5.74) is -1.74. The molecule has 3 rings (SSSR count). The van der Waals surface area contributed by atoms with Gasteiger partial charge in [-0.3, -0.25) is 0 Å². The Morgan fingerprint density at radius 3 is 2.72 bits per heavy atom. The van der Waals surface area contributed by atoms with Gasteiger partial charge in [0.1, 0.15) is 11.4 Å². The third-order valence-corrected chi connectivity index (χ3v) is 5.54. The second kappa shape index (κ2) is 8.74. The van der Waals surface area contributed by atoms with Crippen molar-refractivity contribution in [3.63, 3.8) is 0 Å². The summed E-state index contributed by atoms with van der Waals surface area (Å²) >= 11 is 1.58. The van der Waals surface area contributed by atoms with E-state index in [0.717, 1.165) is 41.4 Å². The summed E-state index contributed by atoms with van der Waals surface area (Å²) < 4.78 is 38.1. The van der Waals surface area contributed by atoms with Crippen LogP contribution in [0.25, 0.3) is 0 Å². The zero-order valence-corrected chi connectivity index (χ0v) is 17.2. The van der Waals surface area contributed by atoms with E-state index in [-0.39, 0.29) is 6.04 Å². The predicted molar refractivity (Wildman–Crippen MR) is 109 cm³/mol. The Labute approximate surface area is 172 Å². The lowest BCUT2D eigenvalue weighted by atomic mass is 10.1. The Morgan fingerprint density at radius 1 is 1.28 bits per heavy atom. The summed E-state index contributed by atoms with van der Waals surface area (Å²) in [6, 6.07) is 6.73. The molecule has 2 aromatic rings. The van der Waals surface area contributed by atoms with Crippen LogP contribution in [0.3, 0.4) is 0 Å². The molecule has 1 aliphatic rings. The molecule has 1 saturated heterocycles. The summed E-state index contributed by atoms with van der Waals surface area (Å²) in [6.45, 7) is 5.49. The predicted octanol–water partition coefficient (Wildman–Crippen LogP) is 4.04. The number of piperidine rings is 1. The number of nitrogens with one attached hydrogen (secondary N) is 1. The maximum atomic E-state index is 12.7. The number of thiophene rings is 1. The first-order valence-electron chi connectivity index (χ1n) is 9.46. The van der Waals surface area contributed by atoms with Crippen LogP contribution in [0.5, 0.6) is 0 Å². The van der Waals surface area contributed by atoms with Gasteiger partial charge >= 0.3 is 6.18 Å². The average Bonchev–Trinajstić information content (AvgIpc) is 3.12. The molecule has 0 aromatic carbocycles. The Kier molecular flexibility index (Phi) is 6.52. The van der Waals surface area contributed by atoms with E-state index in [9.17, 15) is 18.3 Å². The van der Waals surface area contributed by atoms with Gasteiger partial charge in [0.15, 0.2) is 0 Å². The molecular formula is C21H24F3N3OS. The molecule has 29 heavy (non-hydrogen) atoms. The summed E-state index contributed by atoms with van der Waals surface area (Å²) in [6.07, 6.45) is -1.51. The van der Waals surface area contributed by atoms with Crippen molar-refractivity contribution in [2.24, 2.45) is 0 Å². The van der Waals surface area contributed by atoms with E-state index in [2.05, 4.69) is 22.1 Å². The minimum atomic E-state index is -4.37. The van der Waals surface area contributed by atoms with E-state index in [4.69, 9.17) is 0 Å². The molecule has 0 spiro atoms. The quantitative estimate of drug-likeness (QED) is 0.729. The normalized spacial score (nSPS) is 17.7. The van der Waals surface area contributed by atoms with Gasteiger partial charge in [-0.25, -0.2) is 4.98 Å². The first kappa shape index (κ1) is 21.6. The van der Waals surface area contributed by atoms with Crippen molar-refractivity contribution in [3.8, 4) is 11.8 Å². The highest BCUT2D eigenvalue weighted by Gasteiger charge is 2.31. The maximum Gasteiger partial charge on any atom is 0.417 e. The van der Waals surface area contributed by atoms with Gasteiger partial charge in [-0.15, -0.1) is 11.3 Å². The third-order valence-electron chi connectivity index (χ3n) is 4.54. The van der Waals surface area contributed by atoms with Crippen molar-refractivity contribution in [2.75, 3.05) is 18.0 Å². The Morgan fingerprint density at radius 2 is 2.07 bits per heavy atom. The molecule has 3 heterocycles. The SMILES string of the molecule is CC(C)(O)C#Cc1ccc(CN[C@H]2CCCN(c3ccc(C(F)(F)F)cn3)C2)s1. The lowest BCUT2D eigenvalue weighted by Gasteiger charge is -2.34. The van der Waals surface area contributed by atoms with Crippen LogP contribution in [0.2, 0.25) is 0 Å². The number of rotatable bonds is 4. The third kappa shape index (κ3) is 6.46. The van der Waals surface area contributed by atoms with Crippen LogP contribution < -0.4 is 10.2 Å². The molecule has 0 bridgehead atoms. The molecule has 1 atom stereocenters. The van der Waals surface area contributed by atoms with Gasteiger partial charge in [-0.05, 0) is 51.0 Å². The lowest BCUT2D eigenvalue weighted by molar-refractivity contribution is -0.137. The van der Waals surface area contributed by atoms with Crippen molar-refractivity contribution < 1.29 is 18.3 Å². The molecule has 1 aliphatic heterocycles. The van der Waals surface area contributed by atoms with Crippen molar-refractivity contribution in [1.82, 2.24) is 10.3 Å². The molecule has 2 aromatic heterocycles. The second-order valence-corrected chi connectivity index (χ2v) is 8.81. The van der Waals surface area contributed by atoms with Crippen LogP contribution in [0.4, 0.5) is 19.0 Å². The van der Waals surface area contributed by atoms with Crippen LogP contribution in [0.1, 0.15) is 42.0 Å². The zero-order chi connectivity index (χ0) is 21.1. The number of hydrogen-bond donors (Lipinski definition) is 2. The van der Waals surface area contributed by atoms with Crippen molar-refractivity contribution >= 4 is 17.2 Å². The number of aliphatic hydroxyl groups is 1. The molecular weight excluding hydrogens is 399 g/mol. The molecule has 0 amide bonds. The highest BCUT2D eigenvalue weighted by molar-refractivity contribution is 7.12. The van der Waals surface area contributed by atoms with Crippen LogP contribution in [-0.4, -0.2) is 34.8 Å². The highest BCUT2D eigenvalue weighted by Crippen LogP contribution is 2.29. The van der Waals surface area contributed by atoms with E-state index in [1.54, 1.807) is 25.2 Å². The Balaban J connectivity index is 1.55. The lowest BCUT2D eigenvalue weighted by Crippen LogP contribution is -2.45. The number of anilines is 1. The minimum absolute atomic E-state index is 0.237. The monoisotopic (exact) mass is 423 g/mol. The molecule has 2 N–H and O–H groups in total. The first-order chi connectivity index (χ1) is 13.6. The molecule has 156 valence electrons. The molecule has 0 saturated carbocycles. The summed E-state index contributed by atoms with van der Waals surface area (Å²) in [5.74, 6) is 6.36. The molecule has 1 fully saturated rings. The number of alkyl halides is 3. The average molecular weight is 424 g/mol. The Bertz CT molecular complexity index is 876. The van der Waals surface area contributed by atoms with Gasteiger partial charge < -0.3 is 15.3 Å². The van der Waals surface area contributed by atoms with E-state index < -0.39 is 17.3 Å². The number of pyridine rings is 1. The molecule has 8 heteroatoms. The zero-order valence-electron chi connectivity index (χ0n) is 16.4. The maximum absolute atomic E-state index is 12.7. The van der Waals surface area contributed by atoms with Crippen LogP contribution in [-0.2, 0) is 12.7 Å². The van der Waals surface area contributed by atoms with Gasteiger partial charge in [-0.1, -0.05) is 11.8 Å². The van der Waals surface area contributed by atoms with Gasteiger partial charge in [-0.2, -0.15) is 13.2 Å². The van der Waals surface area contributed by atoms with E-state index >= 15 is 0 Å². The molecule has 4 nitrogen and oxygen atoms in total. The van der Waals surface area contributed by atoms with Crippen LogP contribution >= 0.6 is 11.3 Å². The fraction of sp³-hybridized carbons (Fsp3) is 0.476. The topological polar surface area (TPSA) is 48.4 Å². The van der Waals surface area contributed by atoms with Gasteiger partial charge in [0.25, 0.3) is 0 Å². The Hall–Kier alpha value is -2.08. The molecule has 0 radical (unpaired) electrons. The second-order valence-electron chi connectivity index (χ2n) is 7.64. The van der Waals surface area contributed by atoms with Crippen LogP contribution in [0, 0.1) is 11.8 Å². The van der Waals surface area contributed by atoms with Crippen molar-refractivity contribution in [1.29, 1.82) is 0 Å². The molecule has 0 unspecified atom stereocenters. The van der Waals surface area contributed by atoms with E-state index in [1.807, 2.05) is 17.0 Å². The fourth-order valence-electron chi connectivity index (χ4n) is 3.09. The van der Waals surface area contributed by atoms with Gasteiger partial charge in [0, 0.05) is 36.8 Å². The van der Waals surface area contributed by atoms with Crippen molar-refractivity contribution in [3.05, 3.63) is 45.8 Å². The first-order valence-corrected chi connectivity index (χ1v) is 10.3. The highest BCUT2D eigenvalue weighted by atomic mass is 32.1. The summed E-state index contributed by atoms with van der Waals surface area (Å²) in [4.78, 5) is 8.09. The summed E-state index contributed by atoms with van der Waals surface area (Å²) in [7, 11) is 0. The van der Waals surface area contributed by atoms with E-state index in [1.165, 1.54) is 6.07 Å². The molecule has 0 aliphatic carbocycles. The number of aromatic nitrogens is 1. The number of halogens is 3. The van der Waals surface area contributed by atoms with Crippen molar-refractivity contribution in [2.45, 2.75) is 51.1 Å². The van der Waals surface area contributed by atoms with Gasteiger partial charge in [0.05, 0.1) is 10.4 Å². The van der Waals surface area contributed by atoms with E-state index in [0.29, 0.717) is 18.9 Å². The fourth-order valence-corrected chi connectivity index (χ4v) is 3.90. The van der Waals surface area contributed by atoms with Crippen LogP contribution in [0.15, 0.2) is 30.5 Å². The summed E-state index contributed by atoms with van der Waals surface area (Å²) in [5, 5.41) is 13.2. The number of nitrogens with zero attached hydrogens (tertiary/aromatic N) is 2. The van der Waals surface area contributed by atoms with Gasteiger partial charge in [0.2, 0.25) is 0 Å². The smallest absolute Gasteiger partial charge is 0.378 e. The largest absolute Gasteiger partial charge is 0.417 e. The number of hydrogen-bond acceptors (Lipinski definition) is 5.